The van der Waals surface area contributed by atoms with Crippen molar-refractivity contribution in [3.8, 4) is 0 Å². The van der Waals surface area contributed by atoms with Crippen LogP contribution in [-0.4, -0.2) is 0 Å². The van der Waals surface area contributed by atoms with Gasteiger partial charge in [-0.25, -0.2) is 0 Å². The normalized spacial score (nSPS) is 31.3. The molecule has 28 heavy (non-hydrogen) atoms. The molecule has 0 heteroatoms. The first kappa shape index (κ1) is 26.0. The summed E-state index contributed by atoms with van der Waals surface area (Å²) < 4.78 is 0. The molecule has 0 aliphatic heterocycles. The fourth-order valence-corrected chi connectivity index (χ4v) is 5.51. The van der Waals surface area contributed by atoms with E-state index in [-0.39, 0.29) is 0 Å². The molecule has 2 saturated carbocycles. The molecule has 0 aromatic carbocycles. The lowest BCUT2D eigenvalue weighted by Crippen LogP contribution is -2.03. The van der Waals surface area contributed by atoms with Crippen LogP contribution in [0.5, 0.6) is 0 Å². The summed E-state index contributed by atoms with van der Waals surface area (Å²) in [5.74, 6) is 4.13. The maximum absolute atomic E-state index is 2.49. The molecule has 0 radical (unpaired) electrons. The van der Waals surface area contributed by atoms with Crippen LogP contribution in [0.3, 0.4) is 0 Å². The zero-order valence-electron chi connectivity index (χ0n) is 20.5. The van der Waals surface area contributed by atoms with E-state index >= 15 is 0 Å². The Morgan fingerprint density at radius 1 is 0.536 bits per heavy atom. The summed E-state index contributed by atoms with van der Waals surface area (Å²) in [5, 5.41) is 0. The van der Waals surface area contributed by atoms with E-state index in [2.05, 4.69) is 27.7 Å². The summed E-state index contributed by atoms with van der Waals surface area (Å²) >= 11 is 0. The summed E-state index contributed by atoms with van der Waals surface area (Å²) in [6.07, 6.45) is 29.7. The van der Waals surface area contributed by atoms with Gasteiger partial charge in [0.1, 0.15) is 0 Å². The van der Waals surface area contributed by atoms with E-state index in [4.69, 9.17) is 0 Å². The summed E-state index contributed by atoms with van der Waals surface area (Å²) in [7, 11) is 0. The number of hydrogen-bond donors (Lipinski definition) is 0. The Hall–Kier alpha value is 0. The third-order valence-corrected chi connectivity index (χ3v) is 7.72. The van der Waals surface area contributed by atoms with Crippen molar-refractivity contribution in [1.82, 2.24) is 0 Å². The van der Waals surface area contributed by atoms with E-state index in [0.29, 0.717) is 0 Å². The molecule has 4 unspecified atom stereocenters. The minimum absolute atomic E-state index is 0.979. The van der Waals surface area contributed by atoms with Gasteiger partial charge in [0.15, 0.2) is 0 Å². The third kappa shape index (κ3) is 14.1. The Morgan fingerprint density at radius 2 is 1.11 bits per heavy atom. The topological polar surface area (TPSA) is 0 Å². The minimum atomic E-state index is 0.979. The second kappa shape index (κ2) is 17.8. The average molecular weight is 393 g/mol. The van der Waals surface area contributed by atoms with Crippen LogP contribution in [0.25, 0.3) is 0 Å². The Labute approximate surface area is 180 Å². The monoisotopic (exact) mass is 392 g/mol. The lowest BCUT2D eigenvalue weighted by molar-refractivity contribution is 0.354. The molecule has 2 aliphatic rings. The second-order valence-electron chi connectivity index (χ2n) is 10.6. The van der Waals surface area contributed by atoms with Crippen molar-refractivity contribution in [2.24, 2.45) is 23.7 Å². The van der Waals surface area contributed by atoms with Gasteiger partial charge in [0.2, 0.25) is 0 Å². The zero-order chi connectivity index (χ0) is 20.5. The van der Waals surface area contributed by atoms with Crippen LogP contribution >= 0.6 is 0 Å². The molecule has 2 fully saturated rings. The van der Waals surface area contributed by atoms with Crippen molar-refractivity contribution in [2.45, 2.75) is 156 Å². The number of unbranched alkanes of at least 4 members (excludes halogenated alkanes) is 1. The molecular formula is C28H56. The van der Waals surface area contributed by atoms with Crippen molar-refractivity contribution in [1.29, 1.82) is 0 Å². The highest BCUT2D eigenvalue weighted by molar-refractivity contribution is 4.70. The quantitative estimate of drug-likeness (QED) is 0.446. The van der Waals surface area contributed by atoms with Crippen LogP contribution in [0.15, 0.2) is 0 Å². The van der Waals surface area contributed by atoms with Gasteiger partial charge in [-0.15, -0.1) is 0 Å². The van der Waals surface area contributed by atoms with Crippen LogP contribution in [-0.2, 0) is 0 Å². The minimum Gasteiger partial charge on any atom is -0.0654 e. The van der Waals surface area contributed by atoms with Gasteiger partial charge >= 0.3 is 0 Å². The predicted octanol–water partition coefficient (Wildman–Crippen LogP) is 10.3. The second-order valence-corrected chi connectivity index (χ2v) is 10.6. The molecular weight excluding hydrogens is 336 g/mol. The highest BCUT2D eigenvalue weighted by Crippen LogP contribution is 2.32. The van der Waals surface area contributed by atoms with Crippen molar-refractivity contribution >= 4 is 0 Å². The van der Waals surface area contributed by atoms with Gasteiger partial charge in [0, 0.05) is 0 Å². The van der Waals surface area contributed by atoms with Gasteiger partial charge < -0.3 is 0 Å². The van der Waals surface area contributed by atoms with Crippen LogP contribution < -0.4 is 0 Å². The van der Waals surface area contributed by atoms with E-state index in [1.165, 1.54) is 128 Å². The first-order valence-corrected chi connectivity index (χ1v) is 13.7. The van der Waals surface area contributed by atoms with Crippen molar-refractivity contribution < 1.29 is 0 Å². The number of hydrogen-bond acceptors (Lipinski definition) is 0. The summed E-state index contributed by atoms with van der Waals surface area (Å²) in [6.45, 7) is 9.51. The SMILES string of the molecule is CCC1CCC(C)C1.CCCCC1CCCCCCCCCCC(C)CCC1. The van der Waals surface area contributed by atoms with E-state index in [0.717, 1.165) is 23.7 Å². The standard InChI is InChI=1S/C20H40.C8H16/c1-3-4-16-20-17-12-10-8-6-5-7-9-11-14-19(2)15-13-18-20;1-3-8-5-4-7(2)6-8/h19-20H,3-18H2,1-2H3;7-8H,3-6H2,1-2H3. The maximum Gasteiger partial charge on any atom is -0.0414 e. The molecule has 0 aromatic rings. The third-order valence-electron chi connectivity index (χ3n) is 7.72. The molecule has 168 valence electrons. The van der Waals surface area contributed by atoms with Crippen LogP contribution in [0, 0.1) is 23.7 Å². The first-order valence-electron chi connectivity index (χ1n) is 13.7. The predicted molar refractivity (Wildman–Crippen MR) is 129 cm³/mol. The first-order chi connectivity index (χ1) is 13.7. The van der Waals surface area contributed by atoms with Crippen molar-refractivity contribution in [2.75, 3.05) is 0 Å². The Morgan fingerprint density at radius 3 is 1.64 bits per heavy atom. The van der Waals surface area contributed by atoms with E-state index in [1.807, 2.05) is 0 Å². The van der Waals surface area contributed by atoms with E-state index < -0.39 is 0 Å². The fraction of sp³-hybridized carbons (Fsp3) is 1.00. The number of rotatable bonds is 4. The van der Waals surface area contributed by atoms with Crippen LogP contribution in [0.4, 0.5) is 0 Å². The van der Waals surface area contributed by atoms with Crippen molar-refractivity contribution in [3.05, 3.63) is 0 Å². The van der Waals surface area contributed by atoms with E-state index in [9.17, 15) is 0 Å². The maximum atomic E-state index is 2.49. The van der Waals surface area contributed by atoms with Gasteiger partial charge in [-0.1, -0.05) is 150 Å². The highest BCUT2D eigenvalue weighted by atomic mass is 14.2. The summed E-state index contributed by atoms with van der Waals surface area (Å²) in [6, 6.07) is 0. The molecule has 0 aromatic heterocycles. The summed E-state index contributed by atoms with van der Waals surface area (Å²) in [4.78, 5) is 0. The Kier molecular flexibility index (Phi) is 16.6. The Bertz CT molecular complexity index is 320. The van der Waals surface area contributed by atoms with Crippen LogP contribution in [0.2, 0.25) is 0 Å². The van der Waals surface area contributed by atoms with Crippen LogP contribution in [0.1, 0.15) is 156 Å². The summed E-state index contributed by atoms with van der Waals surface area (Å²) in [5.41, 5.74) is 0. The van der Waals surface area contributed by atoms with Gasteiger partial charge in [-0.05, 0) is 30.1 Å². The van der Waals surface area contributed by atoms with Crippen molar-refractivity contribution in [3.63, 3.8) is 0 Å². The highest BCUT2D eigenvalue weighted by Gasteiger charge is 2.18. The molecule has 2 aliphatic carbocycles. The lowest BCUT2D eigenvalue weighted by atomic mass is 9.88. The van der Waals surface area contributed by atoms with Gasteiger partial charge in [0.05, 0.1) is 0 Å². The molecule has 0 amide bonds. The van der Waals surface area contributed by atoms with Gasteiger partial charge in [0.25, 0.3) is 0 Å². The molecule has 0 saturated heterocycles. The largest absolute Gasteiger partial charge is 0.0654 e. The lowest BCUT2D eigenvalue weighted by Gasteiger charge is -2.18. The molecule has 0 bridgehead atoms. The average Bonchev–Trinajstić information content (AvgIpc) is 3.12. The van der Waals surface area contributed by atoms with E-state index in [1.54, 1.807) is 0 Å². The fourth-order valence-electron chi connectivity index (χ4n) is 5.51. The molecule has 4 atom stereocenters. The van der Waals surface area contributed by atoms with Gasteiger partial charge in [-0.2, -0.15) is 0 Å². The zero-order valence-corrected chi connectivity index (χ0v) is 20.5. The molecule has 0 nitrogen and oxygen atoms in total. The smallest absolute Gasteiger partial charge is 0.0414 e. The van der Waals surface area contributed by atoms with Gasteiger partial charge in [-0.3, -0.25) is 0 Å². The molecule has 0 N–H and O–H groups in total. The molecule has 0 heterocycles. The molecule has 2 rings (SSSR count). The Balaban J connectivity index is 0.000000406. The molecule has 0 spiro atoms.